The Bertz CT molecular complexity index is 654. The average Bonchev–Trinajstić information content (AvgIpc) is 2.57. The van der Waals surface area contributed by atoms with Gasteiger partial charge in [-0.05, 0) is 19.9 Å². The Morgan fingerprint density at radius 3 is 2.56 bits per heavy atom. The minimum Gasteiger partial charge on any atom is -0.434 e. The van der Waals surface area contributed by atoms with Gasteiger partial charge in [-0.1, -0.05) is 18.2 Å². The molecule has 0 aliphatic rings. The van der Waals surface area contributed by atoms with Crippen LogP contribution in [0, 0.1) is 0 Å². The minimum absolute atomic E-state index is 0.0159. The SMILES string of the molecule is CCNC(=NCc1ccccc1OC(F)F)NCCNS(=O)(=O)CC. The molecule has 0 amide bonds. The molecule has 0 unspecified atom stereocenters. The maximum absolute atomic E-state index is 12.4. The van der Waals surface area contributed by atoms with Gasteiger partial charge in [0.05, 0.1) is 12.3 Å². The zero-order valence-corrected chi connectivity index (χ0v) is 15.1. The Balaban J connectivity index is 2.64. The fourth-order valence-corrected chi connectivity index (χ4v) is 2.46. The van der Waals surface area contributed by atoms with Crippen LogP contribution >= 0.6 is 0 Å². The number of benzene rings is 1. The first-order valence-corrected chi connectivity index (χ1v) is 9.55. The van der Waals surface area contributed by atoms with Crippen molar-refractivity contribution < 1.29 is 21.9 Å². The molecule has 0 saturated heterocycles. The van der Waals surface area contributed by atoms with E-state index in [0.29, 0.717) is 24.6 Å². The molecule has 0 fully saturated rings. The molecule has 0 bridgehead atoms. The highest BCUT2D eigenvalue weighted by Crippen LogP contribution is 2.20. The van der Waals surface area contributed by atoms with Crippen LogP contribution in [0.2, 0.25) is 0 Å². The van der Waals surface area contributed by atoms with Crippen LogP contribution in [0.15, 0.2) is 29.3 Å². The van der Waals surface area contributed by atoms with E-state index in [0.717, 1.165) is 0 Å². The first-order valence-electron chi connectivity index (χ1n) is 7.90. The third kappa shape index (κ3) is 8.64. The molecule has 1 aromatic rings. The Kier molecular flexibility index (Phi) is 9.14. The normalized spacial score (nSPS) is 12.3. The lowest BCUT2D eigenvalue weighted by atomic mass is 10.2. The molecular formula is C15H24F2N4O3S. The molecule has 1 rings (SSSR count). The van der Waals surface area contributed by atoms with Crippen molar-refractivity contribution in [2.24, 2.45) is 4.99 Å². The van der Waals surface area contributed by atoms with Crippen molar-refractivity contribution in [3.63, 3.8) is 0 Å². The van der Waals surface area contributed by atoms with Crippen LogP contribution in [0.4, 0.5) is 8.78 Å². The van der Waals surface area contributed by atoms with Crippen LogP contribution in [-0.4, -0.2) is 46.4 Å². The fraction of sp³-hybridized carbons (Fsp3) is 0.533. The van der Waals surface area contributed by atoms with Gasteiger partial charge in [0, 0.05) is 25.2 Å². The maximum atomic E-state index is 12.4. The zero-order chi connectivity index (χ0) is 18.7. The third-order valence-electron chi connectivity index (χ3n) is 3.06. The molecule has 0 aliphatic carbocycles. The Labute approximate surface area is 146 Å². The highest BCUT2D eigenvalue weighted by atomic mass is 32.2. The zero-order valence-electron chi connectivity index (χ0n) is 14.3. The second-order valence-corrected chi connectivity index (χ2v) is 7.00. The van der Waals surface area contributed by atoms with Crippen molar-refractivity contribution in [2.45, 2.75) is 27.0 Å². The van der Waals surface area contributed by atoms with E-state index in [1.807, 2.05) is 6.92 Å². The first-order chi connectivity index (χ1) is 11.9. The molecule has 25 heavy (non-hydrogen) atoms. The van der Waals surface area contributed by atoms with Gasteiger partial charge >= 0.3 is 6.61 Å². The van der Waals surface area contributed by atoms with Gasteiger partial charge in [-0.2, -0.15) is 8.78 Å². The van der Waals surface area contributed by atoms with Crippen molar-refractivity contribution in [1.82, 2.24) is 15.4 Å². The fourth-order valence-electron chi connectivity index (χ4n) is 1.84. The smallest absolute Gasteiger partial charge is 0.387 e. The van der Waals surface area contributed by atoms with Crippen LogP contribution in [0.1, 0.15) is 19.4 Å². The largest absolute Gasteiger partial charge is 0.434 e. The highest BCUT2D eigenvalue weighted by molar-refractivity contribution is 7.89. The van der Waals surface area contributed by atoms with E-state index in [-0.39, 0.29) is 24.6 Å². The summed E-state index contributed by atoms with van der Waals surface area (Å²) in [5.41, 5.74) is 0.520. The first kappa shape index (κ1) is 21.1. The summed E-state index contributed by atoms with van der Waals surface area (Å²) in [6.45, 7) is 1.82. The van der Waals surface area contributed by atoms with Crippen LogP contribution in [0.3, 0.4) is 0 Å². The van der Waals surface area contributed by atoms with E-state index in [1.54, 1.807) is 25.1 Å². The summed E-state index contributed by atoms with van der Waals surface area (Å²) in [6, 6.07) is 6.42. The number of rotatable bonds is 10. The molecule has 10 heteroatoms. The number of nitrogens with zero attached hydrogens (tertiary/aromatic N) is 1. The van der Waals surface area contributed by atoms with E-state index >= 15 is 0 Å². The number of nitrogens with one attached hydrogen (secondary N) is 3. The standard InChI is InChI=1S/C15H24F2N4O3S/c1-3-18-15(19-9-10-21-25(22,23)4-2)20-11-12-7-5-6-8-13(12)24-14(16)17/h5-8,14,21H,3-4,9-11H2,1-2H3,(H2,18,19,20). The number of para-hydroxylation sites is 1. The van der Waals surface area contributed by atoms with Crippen LogP contribution in [0.5, 0.6) is 5.75 Å². The van der Waals surface area contributed by atoms with Gasteiger partial charge in [0.25, 0.3) is 0 Å². The van der Waals surface area contributed by atoms with Crippen LogP contribution < -0.4 is 20.1 Å². The number of hydrogen-bond acceptors (Lipinski definition) is 4. The van der Waals surface area contributed by atoms with Gasteiger partial charge < -0.3 is 15.4 Å². The van der Waals surface area contributed by atoms with Gasteiger partial charge in [0.2, 0.25) is 10.0 Å². The summed E-state index contributed by atoms with van der Waals surface area (Å²) >= 11 is 0. The van der Waals surface area contributed by atoms with Crippen molar-refractivity contribution in [1.29, 1.82) is 0 Å². The van der Waals surface area contributed by atoms with Crippen LogP contribution in [-0.2, 0) is 16.6 Å². The molecule has 0 aromatic heterocycles. The van der Waals surface area contributed by atoms with E-state index in [1.165, 1.54) is 6.07 Å². The van der Waals surface area contributed by atoms with E-state index in [9.17, 15) is 17.2 Å². The van der Waals surface area contributed by atoms with Gasteiger partial charge in [-0.3, -0.25) is 0 Å². The van der Waals surface area contributed by atoms with Crippen molar-refractivity contribution in [3.8, 4) is 5.75 Å². The van der Waals surface area contributed by atoms with Crippen molar-refractivity contribution in [3.05, 3.63) is 29.8 Å². The molecule has 0 atom stereocenters. The molecule has 1 aromatic carbocycles. The van der Waals surface area contributed by atoms with Crippen LogP contribution in [0.25, 0.3) is 0 Å². The third-order valence-corrected chi connectivity index (χ3v) is 4.46. The van der Waals surface area contributed by atoms with E-state index in [2.05, 4.69) is 25.1 Å². The number of ether oxygens (including phenoxy) is 1. The predicted molar refractivity (Wildman–Crippen MR) is 93.4 cm³/mol. The molecule has 0 spiro atoms. The molecule has 142 valence electrons. The van der Waals surface area contributed by atoms with E-state index in [4.69, 9.17) is 0 Å². The van der Waals surface area contributed by atoms with Gasteiger partial charge in [0.1, 0.15) is 5.75 Å². The van der Waals surface area contributed by atoms with Crippen molar-refractivity contribution >= 4 is 16.0 Å². The lowest BCUT2D eigenvalue weighted by Crippen LogP contribution is -2.41. The molecule has 7 nitrogen and oxygen atoms in total. The number of guanidine groups is 1. The average molecular weight is 378 g/mol. The van der Waals surface area contributed by atoms with Crippen molar-refractivity contribution in [2.75, 3.05) is 25.4 Å². The number of alkyl halides is 2. The number of sulfonamides is 1. The highest BCUT2D eigenvalue weighted by Gasteiger charge is 2.09. The quantitative estimate of drug-likeness (QED) is 0.324. The number of halogens is 2. The number of aliphatic imine (C=N–C) groups is 1. The minimum atomic E-state index is -3.24. The maximum Gasteiger partial charge on any atom is 0.387 e. The summed E-state index contributed by atoms with van der Waals surface area (Å²) in [5, 5.41) is 5.97. The number of hydrogen-bond donors (Lipinski definition) is 3. The molecule has 0 radical (unpaired) electrons. The summed E-state index contributed by atoms with van der Waals surface area (Å²) < 4.78 is 54.4. The molecule has 0 heterocycles. The van der Waals surface area contributed by atoms with E-state index < -0.39 is 16.6 Å². The molecule has 3 N–H and O–H groups in total. The lowest BCUT2D eigenvalue weighted by molar-refractivity contribution is -0.0504. The summed E-state index contributed by atoms with van der Waals surface area (Å²) in [4.78, 5) is 4.30. The summed E-state index contributed by atoms with van der Waals surface area (Å²) in [5.74, 6) is 0.542. The summed E-state index contributed by atoms with van der Waals surface area (Å²) in [6.07, 6.45) is 0. The molecular weight excluding hydrogens is 354 g/mol. The van der Waals surface area contributed by atoms with Gasteiger partial charge in [-0.15, -0.1) is 0 Å². The monoisotopic (exact) mass is 378 g/mol. The molecule has 0 aliphatic heterocycles. The second kappa shape index (κ2) is 10.8. The van der Waals surface area contributed by atoms with Gasteiger partial charge in [0.15, 0.2) is 5.96 Å². The predicted octanol–water partition coefficient (Wildman–Crippen LogP) is 1.28. The topological polar surface area (TPSA) is 91.8 Å². The second-order valence-electron chi connectivity index (χ2n) is 4.91. The Morgan fingerprint density at radius 2 is 1.92 bits per heavy atom. The molecule has 0 saturated carbocycles. The lowest BCUT2D eigenvalue weighted by Gasteiger charge is -2.13. The Hall–Kier alpha value is -1.94. The van der Waals surface area contributed by atoms with Gasteiger partial charge in [-0.25, -0.2) is 18.1 Å². The summed E-state index contributed by atoms with van der Waals surface area (Å²) in [7, 11) is -3.24. The Morgan fingerprint density at radius 1 is 1.20 bits per heavy atom.